The Morgan fingerprint density at radius 2 is 1.88 bits per heavy atom. The Labute approximate surface area is 145 Å². The maximum atomic E-state index is 12.6. The molecule has 1 aromatic heterocycles. The Hall–Kier alpha value is -2.69. The maximum absolute atomic E-state index is 12.6. The number of nitrogens with one attached hydrogen (secondary N) is 2. The van der Waals surface area contributed by atoms with E-state index in [2.05, 4.69) is 10.3 Å². The van der Waals surface area contributed by atoms with Gasteiger partial charge in [-0.25, -0.2) is 0 Å². The van der Waals surface area contributed by atoms with Crippen molar-refractivity contribution in [2.75, 3.05) is 6.54 Å². The van der Waals surface area contributed by atoms with Crippen LogP contribution in [0.25, 0.3) is 0 Å². The molecule has 5 heteroatoms. The van der Waals surface area contributed by atoms with Gasteiger partial charge in [0.15, 0.2) is 5.78 Å². The summed E-state index contributed by atoms with van der Waals surface area (Å²) in [6.45, 7) is 0.597. The van der Waals surface area contributed by atoms with Crippen LogP contribution in [0.5, 0.6) is 0 Å². The fourth-order valence-electron chi connectivity index (χ4n) is 3.41. The molecule has 0 saturated heterocycles. The zero-order valence-corrected chi connectivity index (χ0v) is 13.9. The number of hydrogen-bond acceptors (Lipinski definition) is 3. The minimum absolute atomic E-state index is 0.0254. The smallest absolute Gasteiger partial charge is 0.261 e. The van der Waals surface area contributed by atoms with Gasteiger partial charge in [0.1, 0.15) is 5.56 Å². The van der Waals surface area contributed by atoms with Crippen LogP contribution in [0, 0.1) is 5.92 Å². The molecular weight excluding hydrogens is 316 g/mol. The molecule has 0 aliphatic heterocycles. The van der Waals surface area contributed by atoms with Gasteiger partial charge in [-0.05, 0) is 42.7 Å². The van der Waals surface area contributed by atoms with Crippen molar-refractivity contribution in [2.24, 2.45) is 5.92 Å². The average molecular weight is 336 g/mol. The third-order valence-corrected chi connectivity index (χ3v) is 5.07. The summed E-state index contributed by atoms with van der Waals surface area (Å²) in [5, 5.41) is 2.79. The first-order valence-corrected chi connectivity index (χ1v) is 8.74. The first-order valence-electron chi connectivity index (χ1n) is 8.74. The summed E-state index contributed by atoms with van der Waals surface area (Å²) in [7, 11) is 0. The molecule has 0 bridgehead atoms. The second kappa shape index (κ2) is 6.31. The fourth-order valence-corrected chi connectivity index (χ4v) is 3.41. The average Bonchev–Trinajstić information content (AvgIpc) is 3.44. The molecule has 128 valence electrons. The van der Waals surface area contributed by atoms with Crippen molar-refractivity contribution < 1.29 is 9.59 Å². The van der Waals surface area contributed by atoms with Crippen molar-refractivity contribution in [3.8, 4) is 0 Å². The largest absolute Gasteiger partial charge is 0.352 e. The Kier molecular flexibility index (Phi) is 3.99. The molecule has 1 fully saturated rings. The number of amides is 1. The number of fused-ring (bicyclic) bond motifs is 1. The number of H-pyrrole nitrogens is 1. The Balaban J connectivity index is 1.60. The molecule has 2 aliphatic carbocycles. The van der Waals surface area contributed by atoms with E-state index in [1.54, 1.807) is 0 Å². The summed E-state index contributed by atoms with van der Waals surface area (Å²) in [5.74, 6) is 0.178. The molecule has 0 spiro atoms. The quantitative estimate of drug-likeness (QED) is 0.900. The lowest BCUT2D eigenvalue weighted by atomic mass is 9.81. The molecule has 0 radical (unpaired) electrons. The van der Waals surface area contributed by atoms with E-state index in [0.29, 0.717) is 36.6 Å². The molecule has 1 heterocycles. The highest BCUT2D eigenvalue weighted by atomic mass is 16.2. The van der Waals surface area contributed by atoms with Crippen molar-refractivity contribution in [3.63, 3.8) is 0 Å². The molecule has 2 N–H and O–H groups in total. The van der Waals surface area contributed by atoms with Gasteiger partial charge in [0.2, 0.25) is 0 Å². The lowest BCUT2D eigenvalue weighted by molar-refractivity contribution is 0.0950. The van der Waals surface area contributed by atoms with Crippen LogP contribution >= 0.6 is 0 Å². The third-order valence-electron chi connectivity index (χ3n) is 5.07. The lowest BCUT2D eigenvalue weighted by Crippen LogP contribution is -2.33. The van der Waals surface area contributed by atoms with Gasteiger partial charge >= 0.3 is 0 Å². The van der Waals surface area contributed by atoms with Crippen molar-refractivity contribution in [1.82, 2.24) is 10.3 Å². The molecule has 2 aliphatic rings. The molecule has 25 heavy (non-hydrogen) atoms. The normalized spacial score (nSPS) is 19.4. The number of aromatic nitrogens is 1. The van der Waals surface area contributed by atoms with Crippen molar-refractivity contribution in [1.29, 1.82) is 0 Å². The predicted molar refractivity (Wildman–Crippen MR) is 94.0 cm³/mol. The number of hydrogen-bond donors (Lipinski definition) is 2. The predicted octanol–water partition coefficient (Wildman–Crippen LogP) is 2.43. The number of carbonyl (C=O) groups is 2. The Morgan fingerprint density at radius 1 is 1.12 bits per heavy atom. The second-order valence-corrected chi connectivity index (χ2v) is 7.00. The van der Waals surface area contributed by atoms with Crippen LogP contribution < -0.4 is 10.9 Å². The second-order valence-electron chi connectivity index (χ2n) is 7.00. The van der Waals surface area contributed by atoms with E-state index < -0.39 is 11.5 Å². The van der Waals surface area contributed by atoms with Crippen LogP contribution in [-0.2, 0) is 6.42 Å². The third kappa shape index (κ3) is 3.27. The molecule has 1 amide bonds. The van der Waals surface area contributed by atoms with Gasteiger partial charge in [-0.15, -0.1) is 0 Å². The van der Waals surface area contributed by atoms with Crippen LogP contribution in [0.1, 0.15) is 57.2 Å². The number of ketones is 1. The molecule has 1 atom stereocenters. The van der Waals surface area contributed by atoms with Gasteiger partial charge in [-0.2, -0.15) is 0 Å². The van der Waals surface area contributed by atoms with Gasteiger partial charge in [-0.3, -0.25) is 14.4 Å². The first-order chi connectivity index (χ1) is 12.1. The lowest BCUT2D eigenvalue weighted by Gasteiger charge is -2.24. The maximum Gasteiger partial charge on any atom is 0.261 e. The van der Waals surface area contributed by atoms with E-state index in [9.17, 15) is 14.4 Å². The van der Waals surface area contributed by atoms with Gasteiger partial charge in [0.05, 0.1) is 0 Å². The molecule has 2 aromatic rings. The highest BCUT2D eigenvalue weighted by molar-refractivity contribution is 6.02. The monoisotopic (exact) mass is 336 g/mol. The molecule has 4 rings (SSSR count). The van der Waals surface area contributed by atoms with Crippen molar-refractivity contribution in [3.05, 3.63) is 69.1 Å². The van der Waals surface area contributed by atoms with Gasteiger partial charge in [0.25, 0.3) is 11.5 Å². The standard InChI is InChI=1S/C20H20N2O3/c23-18-9-14(13-4-2-1-3-5-13)8-17-15(18)10-16(20(25)22-17)19(24)21-11-12-6-7-12/h1-5,10,12,14H,6-9,11H2,(H,21,24)(H,22,25). The number of carbonyl (C=O) groups excluding carboxylic acids is 2. The highest BCUT2D eigenvalue weighted by Gasteiger charge is 2.29. The number of aromatic amines is 1. The van der Waals surface area contributed by atoms with Crippen LogP contribution in [0.15, 0.2) is 41.2 Å². The van der Waals surface area contributed by atoms with E-state index in [4.69, 9.17) is 0 Å². The number of rotatable bonds is 4. The zero-order chi connectivity index (χ0) is 17.4. The molecular formula is C20H20N2O3. The van der Waals surface area contributed by atoms with Crippen LogP contribution in [-0.4, -0.2) is 23.2 Å². The number of benzene rings is 1. The minimum Gasteiger partial charge on any atom is -0.352 e. The highest BCUT2D eigenvalue weighted by Crippen LogP contribution is 2.31. The summed E-state index contributed by atoms with van der Waals surface area (Å²) < 4.78 is 0. The van der Waals surface area contributed by atoms with Crippen LogP contribution in [0.4, 0.5) is 0 Å². The molecule has 1 unspecified atom stereocenters. The van der Waals surface area contributed by atoms with Gasteiger partial charge in [0, 0.05) is 24.2 Å². The van der Waals surface area contributed by atoms with Crippen molar-refractivity contribution >= 4 is 11.7 Å². The van der Waals surface area contributed by atoms with Crippen LogP contribution in [0.3, 0.4) is 0 Å². The summed E-state index contributed by atoms with van der Waals surface area (Å²) in [6.07, 6.45) is 3.25. The van der Waals surface area contributed by atoms with E-state index >= 15 is 0 Å². The number of Topliss-reactive ketones (excluding diaryl/α,β-unsaturated/α-hetero) is 1. The topological polar surface area (TPSA) is 79.0 Å². The molecule has 1 aromatic carbocycles. The molecule has 5 nitrogen and oxygen atoms in total. The Morgan fingerprint density at radius 3 is 2.60 bits per heavy atom. The Bertz CT molecular complexity index is 882. The van der Waals surface area contributed by atoms with Gasteiger partial charge in [-0.1, -0.05) is 30.3 Å². The summed E-state index contributed by atoms with van der Waals surface area (Å²) in [6, 6.07) is 11.3. The SMILES string of the molecule is O=C1CC(c2ccccc2)Cc2[nH]c(=O)c(C(=O)NCC3CC3)cc21. The van der Waals surface area contributed by atoms with Gasteiger partial charge < -0.3 is 10.3 Å². The summed E-state index contributed by atoms with van der Waals surface area (Å²) >= 11 is 0. The van der Waals surface area contributed by atoms with E-state index in [1.807, 2.05) is 30.3 Å². The van der Waals surface area contributed by atoms with E-state index in [-0.39, 0.29) is 17.3 Å². The van der Waals surface area contributed by atoms with E-state index in [0.717, 1.165) is 18.4 Å². The number of pyridine rings is 1. The summed E-state index contributed by atoms with van der Waals surface area (Å²) in [5.41, 5.74) is 1.81. The van der Waals surface area contributed by atoms with E-state index in [1.165, 1.54) is 6.07 Å². The first kappa shape index (κ1) is 15.8. The zero-order valence-electron chi connectivity index (χ0n) is 13.9. The molecule has 1 saturated carbocycles. The van der Waals surface area contributed by atoms with Crippen molar-refractivity contribution in [2.45, 2.75) is 31.6 Å². The minimum atomic E-state index is -0.423. The summed E-state index contributed by atoms with van der Waals surface area (Å²) in [4.78, 5) is 39.9. The van der Waals surface area contributed by atoms with Crippen LogP contribution in [0.2, 0.25) is 0 Å². The fraction of sp³-hybridized carbons (Fsp3) is 0.350.